The molecule has 26 heteroatoms. The Kier molecular flexibility index (Phi) is 13.4. The SMILES string of the molecule is Cc1nc(-[n+]2c(-c3cccc(OCC(=O)[O-])c3)nnn2-c2ccc(S(=O)(=O)O)cc2)sc1C.Cc1nc(N2NC(c3cccc(OCC(=O)O)c3)=NN2c2ccc(S(=O)(=O)O)cc2)sc1C. The normalized spacial score (nSPS) is 12.5. The maximum atomic E-state index is 11.4. The Morgan fingerprint density at radius 2 is 1.29 bits per heavy atom. The number of tetrazole rings is 1. The topological polar surface area (TPSA) is 296 Å². The molecule has 1 aliphatic rings. The van der Waals surface area contributed by atoms with Crippen molar-refractivity contribution < 1.29 is 59.9 Å². The minimum Gasteiger partial charge on any atom is -0.546 e. The van der Waals surface area contributed by atoms with E-state index in [1.807, 2.05) is 27.7 Å². The molecule has 4 aromatic carbocycles. The molecule has 0 atom stereocenters. The van der Waals surface area contributed by atoms with Gasteiger partial charge < -0.3 is 24.5 Å². The van der Waals surface area contributed by atoms with Gasteiger partial charge in [-0.1, -0.05) is 45.6 Å². The standard InChI is InChI=1S/C20H17N5O6S2.C20H19N5O6S2/c1-12-13(2)32-20(21-12)24-19(14-4-3-5-16(10-14)31-11-18(26)27)22-23-25(24)15-6-8-17(9-7-15)33(28,29)30;1-12-13(2)32-20(21-12)25-23-19(14-4-3-5-16(10-14)31-11-18(26)27)22-24(25)15-6-8-17(9-7-15)33(28,29)30/h3-10H,11H2,1-2H3,(H-,26,27,28,29,30);3-10H,11H2,1-2H3,(H,22,23)(H,26,27)(H,28,29,30). The number of aliphatic carboxylic acids is 2. The number of nitrogens with zero attached hydrogens (tertiary/aromatic N) is 9. The summed E-state index contributed by atoms with van der Waals surface area (Å²) in [5.41, 5.74) is 7.04. The van der Waals surface area contributed by atoms with E-state index in [2.05, 4.69) is 30.8 Å². The fourth-order valence-electron chi connectivity index (χ4n) is 5.85. The molecule has 0 radical (unpaired) electrons. The molecular formula is C40H36N10O12S4. The van der Waals surface area contributed by atoms with Crippen molar-refractivity contribution in [2.75, 3.05) is 23.4 Å². The molecule has 0 bridgehead atoms. The minimum atomic E-state index is -4.34. The number of aromatic nitrogens is 6. The number of carbonyl (C=O) groups excluding carboxylic acids is 1. The first-order valence-electron chi connectivity index (χ1n) is 19.0. The number of carboxylic acids is 2. The van der Waals surface area contributed by atoms with Crippen LogP contribution in [0.25, 0.3) is 22.2 Å². The molecule has 0 fully saturated rings. The van der Waals surface area contributed by atoms with Crippen molar-refractivity contribution in [2.45, 2.75) is 37.5 Å². The lowest BCUT2D eigenvalue weighted by Crippen LogP contribution is -2.44. The van der Waals surface area contributed by atoms with Crippen LogP contribution in [0.1, 0.15) is 26.7 Å². The second-order valence-electron chi connectivity index (χ2n) is 13.9. The number of hydrazine groups is 2. The Hall–Kier alpha value is -7.36. The van der Waals surface area contributed by atoms with E-state index in [-0.39, 0.29) is 9.79 Å². The number of amidine groups is 1. The van der Waals surface area contributed by atoms with Crippen molar-refractivity contribution in [3.63, 3.8) is 0 Å². The molecule has 342 valence electrons. The molecule has 0 aliphatic carbocycles. The lowest BCUT2D eigenvalue weighted by atomic mass is 10.2. The highest BCUT2D eigenvalue weighted by molar-refractivity contribution is 7.86. The average molecular weight is 977 g/mol. The van der Waals surface area contributed by atoms with E-state index in [1.165, 1.54) is 81.1 Å². The molecule has 0 saturated heterocycles. The predicted octanol–water partition coefficient (Wildman–Crippen LogP) is 3.24. The number of nitrogens with one attached hydrogen (secondary N) is 1. The fraction of sp³-hybridized carbons (Fsp3) is 0.150. The molecule has 1 aliphatic heterocycles. The van der Waals surface area contributed by atoms with Crippen molar-refractivity contribution in [3.8, 4) is 33.7 Å². The number of hydrogen-bond acceptors (Lipinski definition) is 19. The van der Waals surface area contributed by atoms with Gasteiger partial charge in [0.25, 0.3) is 20.2 Å². The molecule has 4 heterocycles. The summed E-state index contributed by atoms with van der Waals surface area (Å²) in [4.78, 5) is 33.6. The average Bonchev–Trinajstić information content (AvgIpc) is 4.07. The van der Waals surface area contributed by atoms with Gasteiger partial charge in [0.15, 0.2) is 12.4 Å². The smallest absolute Gasteiger partial charge is 0.341 e. The second-order valence-corrected chi connectivity index (χ2v) is 19.1. The first-order chi connectivity index (χ1) is 31.2. The van der Waals surface area contributed by atoms with Gasteiger partial charge in [0.05, 0.1) is 37.8 Å². The van der Waals surface area contributed by atoms with E-state index in [1.54, 1.807) is 58.3 Å². The molecule has 0 unspecified atom stereocenters. The number of aryl methyl sites for hydroxylation is 4. The van der Waals surface area contributed by atoms with Crippen LogP contribution in [0.15, 0.2) is 112 Å². The van der Waals surface area contributed by atoms with E-state index in [0.717, 1.165) is 21.1 Å². The molecule has 0 saturated carbocycles. The summed E-state index contributed by atoms with van der Waals surface area (Å²) in [5.74, 6) is -0.938. The van der Waals surface area contributed by atoms with Crippen molar-refractivity contribution >= 4 is 71.5 Å². The number of carboxylic acid groups (broad SMARTS) is 2. The monoisotopic (exact) mass is 976 g/mol. The number of ether oxygens (including phenoxy) is 2. The number of hydrazone groups is 1. The highest BCUT2D eigenvalue weighted by atomic mass is 32.2. The molecule has 7 aromatic rings. The Labute approximate surface area is 383 Å². The van der Waals surface area contributed by atoms with Gasteiger partial charge in [0.1, 0.15) is 34.7 Å². The van der Waals surface area contributed by atoms with Crippen molar-refractivity contribution in [2.24, 2.45) is 5.10 Å². The second kappa shape index (κ2) is 19.0. The summed E-state index contributed by atoms with van der Waals surface area (Å²) >= 11 is 2.85. The van der Waals surface area contributed by atoms with E-state index in [9.17, 15) is 40.6 Å². The van der Waals surface area contributed by atoms with Gasteiger partial charge in [-0.05, 0) is 111 Å². The number of rotatable bonds is 14. The lowest BCUT2D eigenvalue weighted by molar-refractivity contribution is -0.669. The van der Waals surface area contributed by atoms with Crippen LogP contribution in [0.4, 0.5) is 10.8 Å². The summed E-state index contributed by atoms with van der Waals surface area (Å²) < 4.78 is 76.2. The largest absolute Gasteiger partial charge is 0.546 e. The van der Waals surface area contributed by atoms with Crippen LogP contribution >= 0.6 is 22.7 Å². The first kappa shape index (κ1) is 46.6. The summed E-state index contributed by atoms with van der Waals surface area (Å²) in [6.07, 6.45) is 0. The first-order valence-corrected chi connectivity index (χ1v) is 23.5. The summed E-state index contributed by atoms with van der Waals surface area (Å²) in [7, 11) is -8.67. The number of anilines is 2. The lowest BCUT2D eigenvalue weighted by Gasteiger charge is -2.25. The Balaban J connectivity index is 0.000000196. The van der Waals surface area contributed by atoms with Crippen LogP contribution in [0.3, 0.4) is 0 Å². The molecule has 22 nitrogen and oxygen atoms in total. The zero-order valence-corrected chi connectivity index (χ0v) is 38.1. The summed E-state index contributed by atoms with van der Waals surface area (Å²) in [5, 5.41) is 36.9. The maximum Gasteiger partial charge on any atom is 0.341 e. The number of thiazole rings is 2. The number of carbonyl (C=O) groups is 2. The van der Waals surface area contributed by atoms with Gasteiger partial charge in [-0.25, -0.2) is 9.78 Å². The summed E-state index contributed by atoms with van der Waals surface area (Å²) in [6.45, 7) is 6.57. The number of benzene rings is 4. The van der Waals surface area contributed by atoms with Crippen LogP contribution in [0.5, 0.6) is 11.5 Å². The van der Waals surface area contributed by atoms with Crippen LogP contribution in [0.2, 0.25) is 0 Å². The van der Waals surface area contributed by atoms with Gasteiger partial charge in [0.2, 0.25) is 5.13 Å². The Morgan fingerprint density at radius 3 is 1.82 bits per heavy atom. The molecule has 3 aromatic heterocycles. The van der Waals surface area contributed by atoms with Gasteiger partial charge in [-0.15, -0.1) is 20.3 Å². The van der Waals surface area contributed by atoms with E-state index in [0.29, 0.717) is 55.9 Å². The fourth-order valence-corrected chi connectivity index (χ4v) is 8.57. The van der Waals surface area contributed by atoms with Crippen LogP contribution < -0.4 is 34.9 Å². The number of hydrogen-bond donors (Lipinski definition) is 4. The third-order valence-electron chi connectivity index (χ3n) is 9.26. The quantitative estimate of drug-likeness (QED) is 0.0898. The van der Waals surface area contributed by atoms with Gasteiger partial charge in [-0.2, -0.15) is 16.8 Å². The molecular weight excluding hydrogens is 941 g/mol. The van der Waals surface area contributed by atoms with Crippen LogP contribution in [0, 0.1) is 27.7 Å². The van der Waals surface area contributed by atoms with Gasteiger partial charge >= 0.3 is 16.9 Å². The highest BCUT2D eigenvalue weighted by Gasteiger charge is 2.30. The van der Waals surface area contributed by atoms with Gasteiger partial charge in [-0.3, -0.25) is 14.5 Å². The van der Waals surface area contributed by atoms with Gasteiger partial charge in [0, 0.05) is 15.3 Å². The predicted molar refractivity (Wildman–Crippen MR) is 236 cm³/mol. The van der Waals surface area contributed by atoms with E-state index >= 15 is 0 Å². The van der Waals surface area contributed by atoms with Crippen molar-refractivity contribution in [3.05, 3.63) is 124 Å². The zero-order chi connectivity index (χ0) is 47.5. The molecule has 4 N–H and O–H groups in total. The van der Waals surface area contributed by atoms with Crippen LogP contribution in [-0.4, -0.2) is 87.1 Å². The maximum absolute atomic E-state index is 11.4. The molecule has 0 spiro atoms. The van der Waals surface area contributed by atoms with Crippen molar-refractivity contribution in [1.29, 1.82) is 0 Å². The molecule has 0 amide bonds. The summed E-state index contributed by atoms with van der Waals surface area (Å²) in [6, 6.07) is 24.4. The highest BCUT2D eigenvalue weighted by Crippen LogP contribution is 2.32. The third-order valence-corrected chi connectivity index (χ3v) is 13.1. The molecule has 66 heavy (non-hydrogen) atoms. The van der Waals surface area contributed by atoms with Crippen molar-refractivity contribution in [1.82, 2.24) is 30.5 Å². The van der Waals surface area contributed by atoms with Crippen LogP contribution in [-0.2, 0) is 29.8 Å². The zero-order valence-electron chi connectivity index (χ0n) is 34.8. The third kappa shape index (κ3) is 10.8. The Morgan fingerprint density at radius 1 is 0.742 bits per heavy atom. The minimum absolute atomic E-state index is 0.238. The van der Waals surface area contributed by atoms with E-state index < -0.39 is 45.4 Å². The van der Waals surface area contributed by atoms with E-state index in [4.69, 9.17) is 14.6 Å². The Bertz CT molecular complexity index is 3170. The molecule has 8 rings (SSSR count).